The first-order chi connectivity index (χ1) is 16.7. The average molecular weight is 477 g/mol. The summed E-state index contributed by atoms with van der Waals surface area (Å²) in [4.78, 5) is 4.34. The standard InChI is InChI=1S/C27H23F3N4O/c1-35-22-12-7-19(8-13-22)26(32)23(17-4-9-20(10-5-17)27(28,29)30)16-25(31)34-21-11-6-18-3-2-14-33-24(18)15-21/h2-16,34H,31-32H2,1H3/b25-16+,26-23+. The van der Waals surface area contributed by atoms with Crippen LogP contribution in [-0.4, -0.2) is 12.1 Å². The van der Waals surface area contributed by atoms with Gasteiger partial charge in [-0.15, -0.1) is 0 Å². The van der Waals surface area contributed by atoms with Gasteiger partial charge in [0, 0.05) is 28.5 Å². The predicted octanol–water partition coefficient (Wildman–Crippen LogP) is 6.00. The van der Waals surface area contributed by atoms with E-state index in [1.807, 2.05) is 30.3 Å². The van der Waals surface area contributed by atoms with Crippen molar-refractivity contribution in [3.8, 4) is 5.75 Å². The van der Waals surface area contributed by atoms with Gasteiger partial charge in [-0.2, -0.15) is 13.2 Å². The number of aromatic nitrogens is 1. The van der Waals surface area contributed by atoms with E-state index in [0.29, 0.717) is 33.8 Å². The van der Waals surface area contributed by atoms with E-state index in [4.69, 9.17) is 16.2 Å². The number of nitrogens with two attached hydrogens (primary N) is 2. The Balaban J connectivity index is 1.74. The minimum Gasteiger partial charge on any atom is -0.497 e. The lowest BCUT2D eigenvalue weighted by Crippen LogP contribution is -2.11. The Labute approximate surface area is 200 Å². The Morgan fingerprint density at radius 1 is 0.914 bits per heavy atom. The van der Waals surface area contributed by atoms with E-state index in [1.165, 1.54) is 12.1 Å². The third-order valence-electron chi connectivity index (χ3n) is 5.41. The predicted molar refractivity (Wildman–Crippen MR) is 133 cm³/mol. The highest BCUT2D eigenvalue weighted by molar-refractivity contribution is 5.95. The molecule has 5 nitrogen and oxygen atoms in total. The number of pyridine rings is 1. The van der Waals surface area contributed by atoms with Crippen LogP contribution in [0.1, 0.15) is 16.7 Å². The highest BCUT2D eigenvalue weighted by atomic mass is 19.4. The normalized spacial score (nSPS) is 12.9. The average Bonchev–Trinajstić information content (AvgIpc) is 2.86. The molecule has 0 aliphatic heterocycles. The molecule has 8 heteroatoms. The minimum atomic E-state index is -4.44. The number of allylic oxidation sites excluding steroid dienone is 2. The van der Waals surface area contributed by atoms with Crippen LogP contribution in [0.25, 0.3) is 22.2 Å². The minimum absolute atomic E-state index is 0.256. The summed E-state index contributed by atoms with van der Waals surface area (Å²) in [5, 5.41) is 4.08. The topological polar surface area (TPSA) is 86.2 Å². The maximum absolute atomic E-state index is 13.1. The molecule has 178 valence electrons. The van der Waals surface area contributed by atoms with E-state index in [-0.39, 0.29) is 5.82 Å². The summed E-state index contributed by atoms with van der Waals surface area (Å²) in [7, 11) is 1.55. The Kier molecular flexibility index (Phi) is 6.64. The number of fused-ring (bicyclic) bond motifs is 1. The first-order valence-corrected chi connectivity index (χ1v) is 10.7. The lowest BCUT2D eigenvalue weighted by atomic mass is 9.98. The zero-order chi connectivity index (χ0) is 25.0. The molecule has 0 aliphatic rings. The molecule has 0 spiro atoms. The smallest absolute Gasteiger partial charge is 0.416 e. The number of nitrogens with one attached hydrogen (secondary N) is 1. The van der Waals surface area contributed by atoms with Crippen molar-refractivity contribution in [3.63, 3.8) is 0 Å². The summed E-state index contributed by atoms with van der Waals surface area (Å²) < 4.78 is 44.4. The maximum Gasteiger partial charge on any atom is 0.416 e. The number of anilines is 1. The van der Waals surface area contributed by atoms with Crippen LogP contribution in [0.5, 0.6) is 5.75 Å². The first-order valence-electron chi connectivity index (χ1n) is 10.7. The monoisotopic (exact) mass is 476 g/mol. The summed E-state index contributed by atoms with van der Waals surface area (Å²) in [6.45, 7) is 0. The molecule has 3 aromatic carbocycles. The van der Waals surface area contributed by atoms with Gasteiger partial charge in [0.2, 0.25) is 0 Å². The molecule has 0 saturated heterocycles. The SMILES string of the molecule is COc1ccc(/C(N)=C(/C=C(\N)Nc2ccc3cccnc3c2)c2ccc(C(F)(F)F)cc2)cc1. The molecule has 0 unspecified atom stereocenters. The molecule has 0 saturated carbocycles. The van der Waals surface area contributed by atoms with Crippen LogP contribution in [0.2, 0.25) is 0 Å². The Hall–Kier alpha value is -4.46. The van der Waals surface area contributed by atoms with Crippen molar-refractivity contribution >= 4 is 27.9 Å². The summed E-state index contributed by atoms with van der Waals surface area (Å²) >= 11 is 0. The Morgan fingerprint density at radius 2 is 1.60 bits per heavy atom. The second-order valence-corrected chi connectivity index (χ2v) is 7.77. The van der Waals surface area contributed by atoms with Gasteiger partial charge in [0.1, 0.15) is 11.6 Å². The van der Waals surface area contributed by atoms with E-state index >= 15 is 0 Å². The highest BCUT2D eigenvalue weighted by Crippen LogP contribution is 2.32. The van der Waals surface area contributed by atoms with Crippen molar-refractivity contribution in [1.29, 1.82) is 0 Å². The number of alkyl halides is 3. The van der Waals surface area contributed by atoms with Crippen molar-refractivity contribution < 1.29 is 17.9 Å². The molecular weight excluding hydrogens is 453 g/mol. The number of hydrogen-bond donors (Lipinski definition) is 3. The van der Waals surface area contributed by atoms with Crippen molar-refractivity contribution in [1.82, 2.24) is 4.98 Å². The molecular formula is C27H23F3N4O. The Bertz CT molecular complexity index is 1390. The quantitative estimate of drug-likeness (QED) is 0.235. The van der Waals surface area contributed by atoms with Crippen molar-refractivity contribution in [2.75, 3.05) is 12.4 Å². The van der Waals surface area contributed by atoms with Gasteiger partial charge in [0.25, 0.3) is 0 Å². The number of halogens is 3. The van der Waals surface area contributed by atoms with Crippen molar-refractivity contribution in [2.45, 2.75) is 6.18 Å². The van der Waals surface area contributed by atoms with Crippen molar-refractivity contribution in [3.05, 3.63) is 114 Å². The van der Waals surface area contributed by atoms with Crippen LogP contribution in [0.15, 0.2) is 97.0 Å². The zero-order valence-corrected chi connectivity index (χ0v) is 18.8. The van der Waals surface area contributed by atoms with Crippen LogP contribution in [0.4, 0.5) is 18.9 Å². The molecule has 0 fully saturated rings. The lowest BCUT2D eigenvalue weighted by molar-refractivity contribution is -0.137. The summed E-state index contributed by atoms with van der Waals surface area (Å²) in [6, 6.07) is 21.2. The molecule has 0 bridgehead atoms. The van der Waals surface area contributed by atoms with Gasteiger partial charge < -0.3 is 21.5 Å². The van der Waals surface area contributed by atoms with E-state index < -0.39 is 11.7 Å². The maximum atomic E-state index is 13.1. The molecule has 35 heavy (non-hydrogen) atoms. The summed E-state index contributed by atoms with van der Waals surface area (Å²) in [5.41, 5.74) is 15.5. The number of hydrogen-bond acceptors (Lipinski definition) is 5. The van der Waals surface area contributed by atoms with Crippen LogP contribution in [0.3, 0.4) is 0 Å². The van der Waals surface area contributed by atoms with E-state index in [2.05, 4.69) is 10.3 Å². The van der Waals surface area contributed by atoms with E-state index in [1.54, 1.807) is 43.6 Å². The largest absolute Gasteiger partial charge is 0.497 e. The Morgan fingerprint density at radius 3 is 2.26 bits per heavy atom. The van der Waals surface area contributed by atoms with Crippen LogP contribution in [0, 0.1) is 0 Å². The van der Waals surface area contributed by atoms with Crippen LogP contribution in [-0.2, 0) is 6.18 Å². The molecule has 1 heterocycles. The highest BCUT2D eigenvalue weighted by Gasteiger charge is 2.30. The molecule has 4 rings (SSSR count). The molecule has 0 aliphatic carbocycles. The van der Waals surface area contributed by atoms with E-state index in [9.17, 15) is 13.2 Å². The second kappa shape index (κ2) is 9.80. The number of nitrogens with zero attached hydrogens (tertiary/aromatic N) is 1. The van der Waals surface area contributed by atoms with Crippen LogP contribution >= 0.6 is 0 Å². The van der Waals surface area contributed by atoms with Gasteiger partial charge in [-0.1, -0.05) is 24.3 Å². The fourth-order valence-electron chi connectivity index (χ4n) is 3.58. The molecule has 0 atom stereocenters. The van der Waals surface area contributed by atoms with E-state index in [0.717, 1.165) is 23.0 Å². The van der Waals surface area contributed by atoms with Gasteiger partial charge >= 0.3 is 6.18 Å². The first kappa shape index (κ1) is 23.7. The molecule has 1 aromatic heterocycles. The van der Waals surface area contributed by atoms with Crippen molar-refractivity contribution in [2.24, 2.45) is 11.5 Å². The van der Waals surface area contributed by atoms with Gasteiger partial charge in [-0.3, -0.25) is 4.98 Å². The van der Waals surface area contributed by atoms with Gasteiger partial charge in [-0.25, -0.2) is 0 Å². The molecule has 4 aromatic rings. The molecule has 0 amide bonds. The number of benzene rings is 3. The zero-order valence-electron chi connectivity index (χ0n) is 18.8. The fraction of sp³-hybridized carbons (Fsp3) is 0.0741. The number of methoxy groups -OCH3 is 1. The summed E-state index contributed by atoms with van der Waals surface area (Å²) in [5.74, 6) is 0.908. The molecule has 0 radical (unpaired) electrons. The molecule has 5 N–H and O–H groups in total. The number of rotatable bonds is 6. The third kappa shape index (κ3) is 5.55. The second-order valence-electron chi connectivity index (χ2n) is 7.77. The number of ether oxygens (including phenoxy) is 1. The third-order valence-corrected chi connectivity index (χ3v) is 5.41. The van der Waals surface area contributed by atoms with Gasteiger partial charge in [0.05, 0.1) is 18.2 Å². The fourth-order valence-corrected chi connectivity index (χ4v) is 3.58. The van der Waals surface area contributed by atoms with Crippen LogP contribution < -0.4 is 21.5 Å². The van der Waals surface area contributed by atoms with Gasteiger partial charge in [0.15, 0.2) is 0 Å². The van der Waals surface area contributed by atoms with Gasteiger partial charge in [-0.05, 0) is 71.8 Å². The summed E-state index contributed by atoms with van der Waals surface area (Å²) in [6.07, 6.45) is -1.14. The lowest BCUT2D eigenvalue weighted by Gasteiger charge is -2.14.